The predicted molar refractivity (Wildman–Crippen MR) is 113 cm³/mol. The highest BCUT2D eigenvalue weighted by Crippen LogP contribution is 2.60. The van der Waals surface area contributed by atoms with Crippen LogP contribution >= 0.6 is 0 Å². The second kappa shape index (κ2) is 6.73. The molecule has 6 rings (SSSR count). The summed E-state index contributed by atoms with van der Waals surface area (Å²) < 4.78 is 18.8. The van der Waals surface area contributed by atoms with Crippen molar-refractivity contribution in [2.75, 3.05) is 37.7 Å². The molecular weight excluding hydrogens is 363 g/mol. The van der Waals surface area contributed by atoms with Crippen LogP contribution in [0.5, 0.6) is 5.75 Å². The van der Waals surface area contributed by atoms with E-state index in [1.54, 1.807) is 28.9 Å². The normalized spacial score (nSPS) is 26.3. The quantitative estimate of drug-likeness (QED) is 0.686. The number of hydrogen-bond acceptors (Lipinski definition) is 3. The summed E-state index contributed by atoms with van der Waals surface area (Å²) in [6, 6.07) is 14.2. The number of anilines is 1. The minimum absolute atomic E-state index is 0.217. The maximum Gasteiger partial charge on any atom is 0.123 e. The molecule has 0 radical (unpaired) electrons. The Morgan fingerprint density at radius 2 is 1.90 bits per heavy atom. The molecule has 2 aromatic rings. The summed E-state index contributed by atoms with van der Waals surface area (Å²) in [6.45, 7) is 5.37. The van der Waals surface area contributed by atoms with E-state index in [2.05, 4.69) is 28.0 Å². The number of ether oxygens (including phenoxy) is 1. The third-order valence-electron chi connectivity index (χ3n) is 7.77. The van der Waals surface area contributed by atoms with Crippen LogP contribution in [0.2, 0.25) is 0 Å². The molecular formula is C25H29FN2O. The molecule has 0 N–H and O–H groups in total. The van der Waals surface area contributed by atoms with Crippen molar-refractivity contribution in [3.8, 4) is 5.75 Å². The number of likely N-dealkylation sites (tertiary alicyclic amines) is 1. The molecule has 1 spiro atoms. The smallest absolute Gasteiger partial charge is 0.123 e. The fourth-order valence-electron chi connectivity index (χ4n) is 6.09. The minimum atomic E-state index is -0.217. The summed E-state index contributed by atoms with van der Waals surface area (Å²) in [4.78, 5) is 5.40. The number of fused-ring (bicyclic) bond motifs is 4. The molecule has 0 aromatic heterocycles. The van der Waals surface area contributed by atoms with Crippen molar-refractivity contribution < 1.29 is 9.13 Å². The SMILES string of the molecule is Fc1ccc(OCCCN2CC[C@H]3[C@@H](C2)c2cccc4c2N3CCC42CC2)cc1. The van der Waals surface area contributed by atoms with Gasteiger partial charge in [-0.3, -0.25) is 0 Å². The van der Waals surface area contributed by atoms with Gasteiger partial charge in [0.15, 0.2) is 0 Å². The van der Waals surface area contributed by atoms with Gasteiger partial charge < -0.3 is 14.5 Å². The summed E-state index contributed by atoms with van der Waals surface area (Å²) in [5.74, 6) is 1.20. The Hall–Kier alpha value is -2.07. The van der Waals surface area contributed by atoms with Gasteiger partial charge in [-0.25, -0.2) is 4.39 Å². The van der Waals surface area contributed by atoms with E-state index in [-0.39, 0.29) is 5.82 Å². The van der Waals surface area contributed by atoms with Crippen molar-refractivity contribution in [3.63, 3.8) is 0 Å². The fourth-order valence-corrected chi connectivity index (χ4v) is 6.09. The molecule has 0 bridgehead atoms. The lowest BCUT2D eigenvalue weighted by Crippen LogP contribution is -2.48. The number of benzene rings is 2. The van der Waals surface area contributed by atoms with E-state index in [0.717, 1.165) is 18.7 Å². The van der Waals surface area contributed by atoms with E-state index < -0.39 is 0 Å². The average Bonchev–Trinajstić information content (AvgIpc) is 3.46. The standard InChI is InChI=1S/C25H29FN2O/c26-18-5-7-19(8-6-18)29-16-2-13-27-14-9-23-21(17-27)20-3-1-4-22-24(20)28(23)15-12-25(22)10-11-25/h1,3-8,21,23H,2,9-17H2/t21-,23-/m0/s1. The predicted octanol–water partition coefficient (Wildman–Crippen LogP) is 4.71. The van der Waals surface area contributed by atoms with Gasteiger partial charge in [-0.05, 0) is 72.9 Å². The molecule has 1 aliphatic carbocycles. The van der Waals surface area contributed by atoms with Gasteiger partial charge in [0, 0.05) is 43.8 Å². The molecule has 2 fully saturated rings. The summed E-state index contributed by atoms with van der Waals surface area (Å²) in [6.07, 6.45) is 6.43. The molecule has 0 amide bonds. The molecule has 1 saturated heterocycles. The third kappa shape index (κ3) is 2.95. The van der Waals surface area contributed by atoms with Crippen molar-refractivity contribution >= 4 is 5.69 Å². The van der Waals surface area contributed by atoms with Gasteiger partial charge in [0.2, 0.25) is 0 Å². The van der Waals surface area contributed by atoms with Crippen molar-refractivity contribution in [3.05, 3.63) is 59.4 Å². The molecule has 3 heterocycles. The van der Waals surface area contributed by atoms with Crippen LogP contribution in [-0.2, 0) is 5.41 Å². The Balaban J connectivity index is 1.10. The number of halogens is 1. The van der Waals surface area contributed by atoms with Crippen LogP contribution in [-0.4, -0.2) is 43.7 Å². The van der Waals surface area contributed by atoms with Gasteiger partial charge in [-0.15, -0.1) is 0 Å². The van der Waals surface area contributed by atoms with E-state index >= 15 is 0 Å². The lowest BCUT2D eigenvalue weighted by Gasteiger charge is -2.41. The molecule has 152 valence electrons. The maximum absolute atomic E-state index is 13.0. The van der Waals surface area contributed by atoms with E-state index in [0.29, 0.717) is 24.0 Å². The van der Waals surface area contributed by atoms with Crippen LogP contribution in [0, 0.1) is 5.82 Å². The summed E-state index contributed by atoms with van der Waals surface area (Å²) >= 11 is 0. The number of hydrogen-bond donors (Lipinski definition) is 0. The number of piperidine rings is 1. The Labute approximate surface area is 172 Å². The first-order valence-electron chi connectivity index (χ1n) is 11.2. The van der Waals surface area contributed by atoms with Crippen LogP contribution in [0.1, 0.15) is 49.1 Å². The third-order valence-corrected chi connectivity index (χ3v) is 7.77. The van der Waals surface area contributed by atoms with Gasteiger partial charge in [-0.1, -0.05) is 18.2 Å². The zero-order chi connectivity index (χ0) is 19.4. The van der Waals surface area contributed by atoms with Gasteiger partial charge in [0.1, 0.15) is 11.6 Å². The highest BCUT2D eigenvalue weighted by atomic mass is 19.1. The van der Waals surface area contributed by atoms with Gasteiger partial charge >= 0.3 is 0 Å². The van der Waals surface area contributed by atoms with Crippen LogP contribution in [0.25, 0.3) is 0 Å². The largest absolute Gasteiger partial charge is 0.494 e. The fraction of sp³-hybridized carbons (Fsp3) is 0.520. The highest BCUT2D eigenvalue weighted by molar-refractivity contribution is 5.71. The first-order valence-corrected chi connectivity index (χ1v) is 11.2. The zero-order valence-electron chi connectivity index (χ0n) is 16.9. The van der Waals surface area contributed by atoms with Crippen LogP contribution in [0.15, 0.2) is 42.5 Å². The molecule has 3 aliphatic heterocycles. The van der Waals surface area contributed by atoms with Crippen LogP contribution in [0.4, 0.5) is 10.1 Å². The van der Waals surface area contributed by atoms with Gasteiger partial charge in [0.05, 0.1) is 6.61 Å². The maximum atomic E-state index is 13.0. The molecule has 29 heavy (non-hydrogen) atoms. The summed E-state index contributed by atoms with van der Waals surface area (Å²) in [5.41, 5.74) is 5.43. The minimum Gasteiger partial charge on any atom is -0.494 e. The van der Waals surface area contributed by atoms with Gasteiger partial charge in [-0.2, -0.15) is 0 Å². The molecule has 2 aromatic carbocycles. The summed E-state index contributed by atoms with van der Waals surface area (Å²) in [5, 5.41) is 0. The second-order valence-electron chi connectivity index (χ2n) is 9.39. The monoisotopic (exact) mass is 392 g/mol. The van der Waals surface area contributed by atoms with E-state index in [4.69, 9.17) is 4.74 Å². The lowest BCUT2D eigenvalue weighted by molar-refractivity contribution is 0.177. The molecule has 4 heteroatoms. The molecule has 2 atom stereocenters. The Bertz CT molecular complexity index is 908. The van der Waals surface area contributed by atoms with E-state index in [1.165, 1.54) is 57.5 Å². The number of nitrogens with zero attached hydrogens (tertiary/aromatic N) is 2. The van der Waals surface area contributed by atoms with Crippen molar-refractivity contribution in [1.29, 1.82) is 0 Å². The molecule has 3 nitrogen and oxygen atoms in total. The molecule has 1 saturated carbocycles. The van der Waals surface area contributed by atoms with Crippen LogP contribution in [0.3, 0.4) is 0 Å². The summed E-state index contributed by atoms with van der Waals surface area (Å²) in [7, 11) is 0. The van der Waals surface area contributed by atoms with Crippen molar-refractivity contribution in [2.24, 2.45) is 0 Å². The molecule has 0 unspecified atom stereocenters. The van der Waals surface area contributed by atoms with Gasteiger partial charge in [0.25, 0.3) is 0 Å². The Morgan fingerprint density at radius 1 is 1.03 bits per heavy atom. The van der Waals surface area contributed by atoms with E-state index in [1.807, 2.05) is 0 Å². The van der Waals surface area contributed by atoms with E-state index in [9.17, 15) is 4.39 Å². The average molecular weight is 393 g/mol. The van der Waals surface area contributed by atoms with Crippen LogP contribution < -0.4 is 9.64 Å². The second-order valence-corrected chi connectivity index (χ2v) is 9.39. The Kier molecular flexibility index (Phi) is 4.12. The van der Waals surface area contributed by atoms with Crippen molar-refractivity contribution in [2.45, 2.75) is 49.5 Å². The lowest BCUT2D eigenvalue weighted by atomic mass is 9.85. The Morgan fingerprint density at radius 3 is 2.72 bits per heavy atom. The number of para-hydroxylation sites is 1. The number of rotatable bonds is 5. The zero-order valence-corrected chi connectivity index (χ0v) is 16.9. The first kappa shape index (κ1) is 17.8. The highest BCUT2D eigenvalue weighted by Gasteiger charge is 2.53. The van der Waals surface area contributed by atoms with Crippen molar-refractivity contribution in [1.82, 2.24) is 4.90 Å². The first-order chi connectivity index (χ1) is 14.2. The molecule has 4 aliphatic rings. The topological polar surface area (TPSA) is 15.7 Å².